The molecule has 31 heavy (non-hydrogen) atoms. The summed E-state index contributed by atoms with van der Waals surface area (Å²) in [7, 11) is 0. The first-order chi connectivity index (χ1) is 14.7. The van der Waals surface area contributed by atoms with Crippen LogP contribution in [0, 0.1) is 5.92 Å². The lowest BCUT2D eigenvalue weighted by molar-refractivity contribution is -0.118. The van der Waals surface area contributed by atoms with Gasteiger partial charge in [-0.3, -0.25) is 4.79 Å². The van der Waals surface area contributed by atoms with E-state index in [4.69, 9.17) is 10.5 Å². The zero-order valence-electron chi connectivity index (χ0n) is 18.3. The predicted molar refractivity (Wildman–Crippen MR) is 118 cm³/mol. The summed E-state index contributed by atoms with van der Waals surface area (Å²) in [6.45, 7) is 7.48. The van der Waals surface area contributed by atoms with E-state index in [1.807, 2.05) is 49.9 Å². The van der Waals surface area contributed by atoms with Crippen LogP contribution >= 0.6 is 0 Å². The molecule has 0 saturated carbocycles. The molecule has 1 aromatic heterocycles. The Balaban J connectivity index is 1.50. The molecule has 8 nitrogen and oxygen atoms in total. The molecule has 2 aromatic rings. The van der Waals surface area contributed by atoms with Gasteiger partial charge in [0.1, 0.15) is 5.60 Å². The van der Waals surface area contributed by atoms with Crippen molar-refractivity contribution in [1.29, 1.82) is 0 Å². The van der Waals surface area contributed by atoms with E-state index >= 15 is 0 Å². The van der Waals surface area contributed by atoms with Crippen molar-refractivity contribution in [3.8, 4) is 11.3 Å². The molecule has 0 spiro atoms. The summed E-state index contributed by atoms with van der Waals surface area (Å²) in [4.78, 5) is 37.6. The fourth-order valence-corrected chi connectivity index (χ4v) is 4.17. The van der Waals surface area contributed by atoms with Crippen LogP contribution in [-0.2, 0) is 16.0 Å². The summed E-state index contributed by atoms with van der Waals surface area (Å²) in [5.74, 6) is 0.520. The number of ether oxygens (including phenoxy) is 1. The minimum Gasteiger partial charge on any atom is -0.444 e. The number of nitrogens with zero attached hydrogens (tertiary/aromatic N) is 4. The van der Waals surface area contributed by atoms with Gasteiger partial charge in [0.2, 0.25) is 11.9 Å². The monoisotopic (exact) mass is 423 g/mol. The van der Waals surface area contributed by atoms with E-state index < -0.39 is 5.60 Å². The van der Waals surface area contributed by atoms with E-state index in [0.717, 1.165) is 35.3 Å². The number of para-hydroxylation sites is 1. The van der Waals surface area contributed by atoms with Crippen LogP contribution in [0.25, 0.3) is 11.3 Å². The fourth-order valence-electron chi connectivity index (χ4n) is 4.17. The van der Waals surface area contributed by atoms with Gasteiger partial charge in [-0.1, -0.05) is 18.2 Å². The lowest BCUT2D eigenvalue weighted by atomic mass is 9.96. The Kier molecular flexibility index (Phi) is 5.56. The molecule has 1 saturated heterocycles. The van der Waals surface area contributed by atoms with E-state index in [1.165, 1.54) is 0 Å². The number of rotatable bonds is 2. The first-order valence-electron chi connectivity index (χ1n) is 10.7. The van der Waals surface area contributed by atoms with Gasteiger partial charge in [-0.25, -0.2) is 14.8 Å². The SMILES string of the molecule is CC(C)(C)OC(=O)N1CCC(CN2C(=O)Cc3cnc(N)nc3-c3ccccc32)CC1. The number of hydrogen-bond donors (Lipinski definition) is 1. The van der Waals surface area contributed by atoms with Crippen LogP contribution in [0.5, 0.6) is 0 Å². The van der Waals surface area contributed by atoms with Gasteiger partial charge in [-0.15, -0.1) is 0 Å². The molecule has 0 aliphatic carbocycles. The summed E-state index contributed by atoms with van der Waals surface area (Å²) in [5, 5.41) is 0. The molecule has 8 heteroatoms. The first kappa shape index (κ1) is 21.1. The quantitative estimate of drug-likeness (QED) is 0.795. The second-order valence-electron chi connectivity index (χ2n) is 9.21. The first-order valence-corrected chi connectivity index (χ1v) is 10.7. The highest BCUT2D eigenvalue weighted by molar-refractivity contribution is 6.01. The van der Waals surface area contributed by atoms with Crippen LogP contribution in [0.1, 0.15) is 39.2 Å². The second-order valence-corrected chi connectivity index (χ2v) is 9.21. The maximum absolute atomic E-state index is 13.2. The third-order valence-electron chi connectivity index (χ3n) is 5.68. The number of benzene rings is 1. The number of nitrogens with two attached hydrogens (primary N) is 1. The highest BCUT2D eigenvalue weighted by atomic mass is 16.6. The molecular formula is C23H29N5O3. The Labute approximate surface area is 182 Å². The molecule has 1 aromatic carbocycles. The Morgan fingerprint density at radius 3 is 2.65 bits per heavy atom. The summed E-state index contributed by atoms with van der Waals surface area (Å²) in [6.07, 6.45) is 3.26. The lowest BCUT2D eigenvalue weighted by Gasteiger charge is -2.35. The Hall–Kier alpha value is -3.16. The van der Waals surface area contributed by atoms with E-state index in [0.29, 0.717) is 25.6 Å². The molecule has 0 unspecified atom stereocenters. The van der Waals surface area contributed by atoms with Gasteiger partial charge in [-0.2, -0.15) is 0 Å². The lowest BCUT2D eigenvalue weighted by Crippen LogP contribution is -2.44. The molecule has 0 atom stereocenters. The van der Waals surface area contributed by atoms with E-state index in [-0.39, 0.29) is 24.4 Å². The zero-order valence-corrected chi connectivity index (χ0v) is 18.3. The Bertz CT molecular complexity index is 993. The van der Waals surface area contributed by atoms with Gasteiger partial charge in [0.15, 0.2) is 0 Å². The molecule has 1 fully saturated rings. The third-order valence-corrected chi connectivity index (χ3v) is 5.68. The molecule has 164 valence electrons. The number of carbonyl (C=O) groups excluding carboxylic acids is 2. The number of aromatic nitrogens is 2. The minimum absolute atomic E-state index is 0.0224. The number of hydrogen-bond acceptors (Lipinski definition) is 6. The third kappa shape index (κ3) is 4.62. The molecular weight excluding hydrogens is 394 g/mol. The van der Waals surface area contributed by atoms with Crippen LogP contribution < -0.4 is 10.6 Å². The topological polar surface area (TPSA) is 102 Å². The molecule has 3 heterocycles. The zero-order chi connectivity index (χ0) is 22.2. The molecule has 2 N–H and O–H groups in total. The number of piperidine rings is 1. The van der Waals surface area contributed by atoms with E-state index in [2.05, 4.69) is 9.97 Å². The molecule has 4 rings (SSSR count). The molecule has 2 aliphatic rings. The fraction of sp³-hybridized carbons (Fsp3) is 0.478. The normalized spacial score (nSPS) is 17.1. The van der Waals surface area contributed by atoms with Gasteiger partial charge >= 0.3 is 6.09 Å². The van der Waals surface area contributed by atoms with E-state index in [1.54, 1.807) is 11.1 Å². The summed E-state index contributed by atoms with van der Waals surface area (Å²) >= 11 is 0. The van der Waals surface area contributed by atoms with Gasteiger partial charge in [0.25, 0.3) is 0 Å². The van der Waals surface area contributed by atoms with Crippen LogP contribution in [0.3, 0.4) is 0 Å². The molecule has 0 bridgehead atoms. The van der Waals surface area contributed by atoms with Gasteiger partial charge in [0.05, 0.1) is 17.8 Å². The second kappa shape index (κ2) is 8.17. The maximum Gasteiger partial charge on any atom is 0.410 e. The van der Waals surface area contributed by atoms with Crippen LogP contribution in [0.4, 0.5) is 16.4 Å². The van der Waals surface area contributed by atoms with Crippen molar-refractivity contribution in [2.45, 2.75) is 45.6 Å². The number of fused-ring (bicyclic) bond motifs is 3. The van der Waals surface area contributed by atoms with Crippen molar-refractivity contribution in [2.75, 3.05) is 30.3 Å². The number of carbonyl (C=O) groups is 2. The van der Waals surface area contributed by atoms with Crippen molar-refractivity contribution in [3.05, 3.63) is 36.0 Å². The van der Waals surface area contributed by atoms with Gasteiger partial charge < -0.3 is 20.3 Å². The van der Waals surface area contributed by atoms with Crippen molar-refractivity contribution in [2.24, 2.45) is 5.92 Å². The van der Waals surface area contributed by atoms with Crippen molar-refractivity contribution < 1.29 is 14.3 Å². The number of likely N-dealkylation sites (tertiary alicyclic amines) is 1. The van der Waals surface area contributed by atoms with Crippen molar-refractivity contribution >= 4 is 23.6 Å². The largest absolute Gasteiger partial charge is 0.444 e. The van der Waals surface area contributed by atoms with Crippen LogP contribution in [-0.4, -0.2) is 52.1 Å². The van der Waals surface area contributed by atoms with Crippen molar-refractivity contribution in [3.63, 3.8) is 0 Å². The van der Waals surface area contributed by atoms with Crippen LogP contribution in [0.15, 0.2) is 30.5 Å². The standard InChI is InChI=1S/C23H29N5O3/c1-23(2,3)31-22(30)27-10-8-15(9-11-27)14-28-18-7-5-4-6-17(18)20-16(12-19(28)29)13-25-21(24)26-20/h4-7,13,15H,8-12,14H2,1-3H3,(H2,24,25,26). The molecule has 2 amide bonds. The molecule has 0 radical (unpaired) electrons. The van der Waals surface area contributed by atoms with Crippen LogP contribution in [0.2, 0.25) is 0 Å². The van der Waals surface area contributed by atoms with Gasteiger partial charge in [-0.05, 0) is 45.6 Å². The summed E-state index contributed by atoms with van der Waals surface area (Å²) in [6, 6.07) is 7.79. The van der Waals surface area contributed by atoms with E-state index in [9.17, 15) is 9.59 Å². The Morgan fingerprint density at radius 2 is 1.94 bits per heavy atom. The Morgan fingerprint density at radius 1 is 1.23 bits per heavy atom. The average Bonchev–Trinajstić information content (AvgIpc) is 2.82. The minimum atomic E-state index is -0.503. The van der Waals surface area contributed by atoms with Gasteiger partial charge in [0, 0.05) is 37.0 Å². The molecule has 2 aliphatic heterocycles. The number of nitrogen functional groups attached to an aromatic ring is 1. The number of amides is 2. The highest BCUT2D eigenvalue weighted by Crippen LogP contribution is 2.36. The maximum atomic E-state index is 13.2. The highest BCUT2D eigenvalue weighted by Gasteiger charge is 2.32. The van der Waals surface area contributed by atoms with Crippen molar-refractivity contribution in [1.82, 2.24) is 14.9 Å². The smallest absolute Gasteiger partial charge is 0.410 e. The average molecular weight is 424 g/mol. The number of anilines is 2. The summed E-state index contributed by atoms with van der Waals surface area (Å²) in [5.41, 5.74) is 8.56. The summed E-state index contributed by atoms with van der Waals surface area (Å²) < 4.78 is 5.49. The predicted octanol–water partition coefficient (Wildman–Crippen LogP) is 3.26.